The van der Waals surface area contributed by atoms with Crippen molar-refractivity contribution < 1.29 is 12.8 Å². The third kappa shape index (κ3) is 4.81. The molecule has 0 spiro atoms. The maximum Gasteiger partial charge on any atom is 0.285 e. The Bertz CT molecular complexity index is 1960. The van der Waals surface area contributed by atoms with Crippen LogP contribution in [0.5, 0.6) is 0 Å². The van der Waals surface area contributed by atoms with Crippen LogP contribution in [0.1, 0.15) is 5.76 Å². The minimum absolute atomic E-state index is 0.0185. The third-order valence-corrected chi connectivity index (χ3v) is 6.99. The van der Waals surface area contributed by atoms with Crippen LogP contribution in [0, 0.1) is 0 Å². The van der Waals surface area contributed by atoms with E-state index in [1.165, 1.54) is 43.3 Å². The molecule has 6 aromatic rings. The number of aromatic nitrogens is 6. The van der Waals surface area contributed by atoms with Crippen molar-refractivity contribution in [3.8, 4) is 17.0 Å². The van der Waals surface area contributed by atoms with Gasteiger partial charge >= 0.3 is 0 Å². The number of furan rings is 1. The highest BCUT2D eigenvalue weighted by atomic mass is 32.2. The van der Waals surface area contributed by atoms with E-state index >= 15 is 0 Å². The van der Waals surface area contributed by atoms with Gasteiger partial charge < -0.3 is 4.42 Å². The molecule has 39 heavy (non-hydrogen) atoms. The predicted molar refractivity (Wildman–Crippen MR) is 143 cm³/mol. The molecule has 6 rings (SSSR count). The molecule has 0 fully saturated rings. The number of fused-ring (bicyclic) bond motifs is 1. The molecule has 0 aliphatic carbocycles. The SMILES string of the molecule is O=c1c2cnn(-c3ccccc3)c2ncn1/N=C\c1ccc(-c2ccc(S(=O)(=O)Nc3ncccn3)cc2)o1. The molecule has 0 unspecified atom stereocenters. The minimum Gasteiger partial charge on any atom is -0.455 e. The summed E-state index contributed by atoms with van der Waals surface area (Å²) in [5, 5.41) is 8.80. The maximum atomic E-state index is 12.9. The van der Waals surface area contributed by atoms with Gasteiger partial charge in [-0.15, -0.1) is 0 Å². The average molecular weight is 539 g/mol. The van der Waals surface area contributed by atoms with E-state index in [4.69, 9.17) is 4.42 Å². The topological polar surface area (TPSA) is 150 Å². The van der Waals surface area contributed by atoms with Gasteiger partial charge in [0.25, 0.3) is 15.6 Å². The molecule has 0 aliphatic rings. The standard InChI is InChI=1S/C26H18N8O4S/c35-25-22-16-31-34(19-5-2-1-3-6-19)24(22)29-17-33(25)30-15-20-9-12-23(38-20)18-7-10-21(11-8-18)39(36,37)32-26-27-13-4-14-28-26/h1-17H,(H,27,28,32)/b30-15-. The Hall–Kier alpha value is -5.43. The van der Waals surface area contributed by atoms with E-state index in [2.05, 4.69) is 29.9 Å². The van der Waals surface area contributed by atoms with Crippen LogP contribution in [0.25, 0.3) is 28.0 Å². The average Bonchev–Trinajstić information content (AvgIpc) is 3.62. The Kier molecular flexibility index (Phi) is 6.01. The maximum absolute atomic E-state index is 12.9. The minimum atomic E-state index is -3.85. The van der Waals surface area contributed by atoms with Crippen molar-refractivity contribution in [1.29, 1.82) is 0 Å². The van der Waals surface area contributed by atoms with E-state index in [0.29, 0.717) is 28.1 Å². The van der Waals surface area contributed by atoms with E-state index in [0.717, 1.165) is 10.4 Å². The van der Waals surface area contributed by atoms with Crippen LogP contribution < -0.4 is 10.3 Å². The summed E-state index contributed by atoms with van der Waals surface area (Å²) >= 11 is 0. The number of benzene rings is 2. The molecular formula is C26H18N8O4S. The fraction of sp³-hybridized carbons (Fsp3) is 0. The Balaban J connectivity index is 1.20. The molecule has 192 valence electrons. The molecule has 0 radical (unpaired) electrons. The fourth-order valence-corrected chi connectivity index (χ4v) is 4.73. The first-order valence-corrected chi connectivity index (χ1v) is 13.0. The number of hydrogen-bond acceptors (Lipinski definition) is 9. The van der Waals surface area contributed by atoms with Crippen LogP contribution >= 0.6 is 0 Å². The highest BCUT2D eigenvalue weighted by Crippen LogP contribution is 2.24. The lowest BCUT2D eigenvalue weighted by Gasteiger charge is -2.06. The van der Waals surface area contributed by atoms with Crippen LogP contribution in [-0.2, 0) is 10.0 Å². The number of nitrogens with one attached hydrogen (secondary N) is 1. The molecular weight excluding hydrogens is 520 g/mol. The van der Waals surface area contributed by atoms with Crippen LogP contribution in [-0.4, -0.2) is 44.0 Å². The van der Waals surface area contributed by atoms with Crippen LogP contribution in [0.3, 0.4) is 0 Å². The molecule has 12 nitrogen and oxygen atoms in total. The summed E-state index contributed by atoms with van der Waals surface area (Å²) in [6.07, 6.45) is 7.05. The summed E-state index contributed by atoms with van der Waals surface area (Å²) in [6, 6.07) is 20.5. The number of rotatable bonds is 7. The number of hydrogen-bond donors (Lipinski definition) is 1. The van der Waals surface area contributed by atoms with E-state index in [1.54, 1.807) is 35.0 Å². The molecule has 4 aromatic heterocycles. The van der Waals surface area contributed by atoms with Gasteiger partial charge in [0.15, 0.2) is 5.65 Å². The molecule has 4 heterocycles. The second kappa shape index (κ2) is 9.79. The Morgan fingerprint density at radius 3 is 2.44 bits per heavy atom. The quantitative estimate of drug-likeness (QED) is 0.304. The van der Waals surface area contributed by atoms with E-state index < -0.39 is 10.0 Å². The van der Waals surface area contributed by atoms with Gasteiger partial charge in [-0.25, -0.2) is 32.8 Å². The van der Waals surface area contributed by atoms with Crippen LogP contribution in [0.2, 0.25) is 0 Å². The van der Waals surface area contributed by atoms with Gasteiger partial charge in [-0.2, -0.15) is 14.9 Å². The number of para-hydroxylation sites is 1. The third-order valence-electron chi connectivity index (χ3n) is 5.65. The summed E-state index contributed by atoms with van der Waals surface area (Å²) in [6.45, 7) is 0. The summed E-state index contributed by atoms with van der Waals surface area (Å²) < 4.78 is 36.0. The number of anilines is 1. The summed E-state index contributed by atoms with van der Waals surface area (Å²) in [7, 11) is -3.85. The zero-order chi connectivity index (χ0) is 26.8. The van der Waals surface area contributed by atoms with Gasteiger partial charge in [-0.05, 0) is 54.6 Å². The van der Waals surface area contributed by atoms with Gasteiger partial charge in [0.2, 0.25) is 5.95 Å². The smallest absolute Gasteiger partial charge is 0.285 e. The highest BCUT2D eigenvalue weighted by molar-refractivity contribution is 7.92. The van der Waals surface area contributed by atoms with Crippen molar-refractivity contribution in [3.05, 3.63) is 114 Å². The zero-order valence-electron chi connectivity index (χ0n) is 20.0. The van der Waals surface area contributed by atoms with E-state index in [9.17, 15) is 13.2 Å². The first-order chi connectivity index (χ1) is 19.0. The molecule has 0 bridgehead atoms. The lowest BCUT2D eigenvalue weighted by Crippen LogP contribution is -2.17. The summed E-state index contributed by atoms with van der Waals surface area (Å²) in [5.74, 6) is 0.858. The van der Waals surface area contributed by atoms with E-state index in [-0.39, 0.29) is 16.4 Å². The molecule has 13 heteroatoms. The summed E-state index contributed by atoms with van der Waals surface area (Å²) in [5.41, 5.74) is 1.49. The van der Waals surface area contributed by atoms with E-state index in [1.807, 2.05) is 30.3 Å². The molecule has 0 aliphatic heterocycles. The zero-order valence-corrected chi connectivity index (χ0v) is 20.8. The van der Waals surface area contributed by atoms with Gasteiger partial charge in [0.1, 0.15) is 23.2 Å². The second-order valence-electron chi connectivity index (χ2n) is 8.17. The fourth-order valence-electron chi connectivity index (χ4n) is 3.77. The van der Waals surface area contributed by atoms with Crippen molar-refractivity contribution in [2.75, 3.05) is 4.72 Å². The lowest BCUT2D eigenvalue weighted by atomic mass is 10.2. The van der Waals surface area contributed by atoms with Crippen LogP contribution in [0.15, 0.2) is 117 Å². The largest absolute Gasteiger partial charge is 0.455 e. The van der Waals surface area contributed by atoms with Crippen molar-refractivity contribution in [1.82, 2.24) is 29.4 Å². The van der Waals surface area contributed by atoms with Gasteiger partial charge in [0.05, 0.1) is 23.0 Å². The van der Waals surface area contributed by atoms with Crippen LogP contribution in [0.4, 0.5) is 5.95 Å². The van der Waals surface area contributed by atoms with Crippen molar-refractivity contribution in [3.63, 3.8) is 0 Å². The predicted octanol–water partition coefficient (Wildman–Crippen LogP) is 3.32. The van der Waals surface area contributed by atoms with Crippen molar-refractivity contribution in [2.24, 2.45) is 5.10 Å². The Morgan fingerprint density at radius 2 is 1.67 bits per heavy atom. The van der Waals surface area contributed by atoms with Gasteiger partial charge in [-0.3, -0.25) is 4.79 Å². The lowest BCUT2D eigenvalue weighted by molar-refractivity contribution is 0.573. The number of nitrogens with zero attached hydrogens (tertiary/aromatic N) is 7. The van der Waals surface area contributed by atoms with Gasteiger partial charge in [0, 0.05) is 18.0 Å². The normalized spacial score (nSPS) is 11.8. The van der Waals surface area contributed by atoms with Gasteiger partial charge in [-0.1, -0.05) is 18.2 Å². The Labute approximate surface area is 221 Å². The van der Waals surface area contributed by atoms with Crippen molar-refractivity contribution in [2.45, 2.75) is 4.90 Å². The molecule has 1 N–H and O–H groups in total. The monoisotopic (exact) mass is 538 g/mol. The highest BCUT2D eigenvalue weighted by Gasteiger charge is 2.16. The molecule has 0 amide bonds. The molecule has 0 saturated heterocycles. The van der Waals surface area contributed by atoms with Crippen molar-refractivity contribution >= 4 is 33.2 Å². The first-order valence-electron chi connectivity index (χ1n) is 11.5. The first kappa shape index (κ1) is 23.9. The molecule has 0 saturated carbocycles. The Morgan fingerprint density at radius 1 is 0.897 bits per heavy atom. The summed E-state index contributed by atoms with van der Waals surface area (Å²) in [4.78, 5) is 25.1. The second-order valence-corrected chi connectivity index (χ2v) is 9.85. The molecule has 0 atom stereocenters. The molecule has 2 aromatic carbocycles. The number of sulfonamides is 1.